The number of guanidine groups is 1. The molecule has 0 atom stereocenters. The van der Waals surface area contributed by atoms with Gasteiger partial charge in [0.15, 0.2) is 5.96 Å². The molecular formula is C17H28N4O2. The molecule has 0 aliphatic carbocycles. The Morgan fingerprint density at radius 2 is 1.65 bits per heavy atom. The Balaban J connectivity index is 2.14. The highest BCUT2D eigenvalue weighted by Crippen LogP contribution is 2.11. The molecule has 0 aliphatic rings. The van der Waals surface area contributed by atoms with Crippen LogP contribution in [0.25, 0.3) is 0 Å². The lowest BCUT2D eigenvalue weighted by molar-refractivity contribution is -0.128. The Kier molecular flexibility index (Phi) is 7.94. The number of nitrogens with zero attached hydrogens (tertiary/aromatic N) is 1. The maximum atomic E-state index is 11.7. The van der Waals surface area contributed by atoms with Crippen molar-refractivity contribution in [1.82, 2.24) is 16.0 Å². The van der Waals surface area contributed by atoms with Gasteiger partial charge in [-0.2, -0.15) is 0 Å². The van der Waals surface area contributed by atoms with E-state index in [1.165, 1.54) is 0 Å². The molecule has 0 spiro atoms. The zero-order chi connectivity index (χ0) is 17.1. The normalized spacial score (nSPS) is 11.7. The molecule has 0 heterocycles. The lowest BCUT2D eigenvalue weighted by Gasteiger charge is -2.18. The minimum Gasteiger partial charge on any atom is -0.492 e. The second-order valence-corrected chi connectivity index (χ2v) is 6.09. The fraction of sp³-hybridized carbons (Fsp3) is 0.529. The van der Waals surface area contributed by atoms with E-state index in [-0.39, 0.29) is 11.3 Å². The van der Waals surface area contributed by atoms with Crippen LogP contribution in [0.5, 0.6) is 5.75 Å². The SMILES string of the molecule is CN=C(NCCNC(=O)C(C)(C)C)NCCOc1ccccc1. The second-order valence-electron chi connectivity index (χ2n) is 6.09. The van der Waals surface area contributed by atoms with Crippen LogP contribution in [0.15, 0.2) is 35.3 Å². The monoisotopic (exact) mass is 320 g/mol. The number of carbonyl (C=O) groups is 1. The van der Waals surface area contributed by atoms with E-state index in [1.54, 1.807) is 7.05 Å². The van der Waals surface area contributed by atoms with E-state index >= 15 is 0 Å². The Bertz CT molecular complexity index is 495. The molecule has 6 nitrogen and oxygen atoms in total. The Labute approximate surface area is 138 Å². The summed E-state index contributed by atoms with van der Waals surface area (Å²) in [6, 6.07) is 9.68. The molecule has 0 aromatic heterocycles. The van der Waals surface area contributed by atoms with Crippen molar-refractivity contribution < 1.29 is 9.53 Å². The third-order valence-corrected chi connectivity index (χ3v) is 3.01. The molecule has 23 heavy (non-hydrogen) atoms. The number of amides is 1. The van der Waals surface area contributed by atoms with E-state index in [2.05, 4.69) is 20.9 Å². The fourth-order valence-corrected chi connectivity index (χ4v) is 1.70. The van der Waals surface area contributed by atoms with Crippen LogP contribution in [0.4, 0.5) is 0 Å². The predicted octanol–water partition coefficient (Wildman–Crippen LogP) is 1.39. The van der Waals surface area contributed by atoms with Gasteiger partial charge in [0.25, 0.3) is 0 Å². The van der Waals surface area contributed by atoms with Crippen LogP contribution in [0.2, 0.25) is 0 Å². The smallest absolute Gasteiger partial charge is 0.225 e. The molecule has 1 aromatic carbocycles. The van der Waals surface area contributed by atoms with Gasteiger partial charge in [-0.3, -0.25) is 9.79 Å². The Hall–Kier alpha value is -2.24. The predicted molar refractivity (Wildman–Crippen MR) is 93.8 cm³/mol. The molecule has 0 fully saturated rings. The van der Waals surface area contributed by atoms with Crippen LogP contribution in [-0.4, -0.2) is 45.2 Å². The van der Waals surface area contributed by atoms with Crippen molar-refractivity contribution in [3.63, 3.8) is 0 Å². The van der Waals surface area contributed by atoms with Gasteiger partial charge in [-0.15, -0.1) is 0 Å². The van der Waals surface area contributed by atoms with E-state index in [0.717, 1.165) is 5.75 Å². The largest absolute Gasteiger partial charge is 0.492 e. The second kappa shape index (κ2) is 9.71. The third-order valence-electron chi connectivity index (χ3n) is 3.01. The van der Waals surface area contributed by atoms with Crippen molar-refractivity contribution in [2.24, 2.45) is 10.4 Å². The van der Waals surface area contributed by atoms with Crippen molar-refractivity contribution >= 4 is 11.9 Å². The first-order valence-corrected chi connectivity index (χ1v) is 7.84. The average Bonchev–Trinajstić information content (AvgIpc) is 2.53. The zero-order valence-electron chi connectivity index (χ0n) is 14.5. The first-order chi connectivity index (χ1) is 10.9. The van der Waals surface area contributed by atoms with E-state index < -0.39 is 0 Å². The molecule has 3 N–H and O–H groups in total. The van der Waals surface area contributed by atoms with Gasteiger partial charge in [0.05, 0.1) is 6.54 Å². The molecule has 1 aromatic rings. The topological polar surface area (TPSA) is 74.8 Å². The van der Waals surface area contributed by atoms with E-state index in [9.17, 15) is 4.79 Å². The summed E-state index contributed by atoms with van der Waals surface area (Å²) in [7, 11) is 1.71. The van der Waals surface area contributed by atoms with Crippen LogP contribution >= 0.6 is 0 Å². The number of benzene rings is 1. The summed E-state index contributed by atoms with van der Waals surface area (Å²) < 4.78 is 5.59. The highest BCUT2D eigenvalue weighted by Gasteiger charge is 2.20. The van der Waals surface area contributed by atoms with Crippen LogP contribution in [-0.2, 0) is 4.79 Å². The van der Waals surface area contributed by atoms with Crippen LogP contribution in [0.3, 0.4) is 0 Å². The molecule has 1 amide bonds. The van der Waals surface area contributed by atoms with Gasteiger partial charge in [0.2, 0.25) is 5.91 Å². The Morgan fingerprint density at radius 1 is 1.04 bits per heavy atom. The molecule has 0 unspecified atom stereocenters. The average molecular weight is 320 g/mol. The van der Waals surface area contributed by atoms with Crippen molar-refractivity contribution in [2.45, 2.75) is 20.8 Å². The molecule has 0 aliphatic heterocycles. The number of hydrogen-bond donors (Lipinski definition) is 3. The molecule has 0 radical (unpaired) electrons. The molecule has 128 valence electrons. The zero-order valence-corrected chi connectivity index (χ0v) is 14.5. The van der Waals surface area contributed by atoms with Gasteiger partial charge in [0.1, 0.15) is 12.4 Å². The maximum absolute atomic E-state index is 11.7. The minimum atomic E-state index is -0.366. The summed E-state index contributed by atoms with van der Waals surface area (Å²) in [5.74, 6) is 1.58. The van der Waals surface area contributed by atoms with Gasteiger partial charge in [-0.1, -0.05) is 39.0 Å². The summed E-state index contributed by atoms with van der Waals surface area (Å²) in [4.78, 5) is 15.8. The molecule has 0 saturated carbocycles. The highest BCUT2D eigenvalue weighted by molar-refractivity contribution is 5.81. The number of carbonyl (C=O) groups excluding carboxylic acids is 1. The van der Waals surface area contributed by atoms with Gasteiger partial charge in [-0.25, -0.2) is 0 Å². The summed E-state index contributed by atoms with van der Waals surface area (Å²) in [6.07, 6.45) is 0. The van der Waals surface area contributed by atoms with E-state index in [4.69, 9.17) is 4.74 Å². The van der Waals surface area contributed by atoms with Crippen LogP contribution in [0.1, 0.15) is 20.8 Å². The standard InChI is InChI=1S/C17H28N4O2/c1-17(2,3)15(22)19-10-11-20-16(18-4)21-12-13-23-14-8-6-5-7-9-14/h5-9H,10-13H2,1-4H3,(H,19,22)(H2,18,20,21). The Morgan fingerprint density at radius 3 is 2.26 bits per heavy atom. The first-order valence-electron chi connectivity index (χ1n) is 7.84. The lowest BCUT2D eigenvalue weighted by atomic mass is 9.96. The van der Waals surface area contributed by atoms with E-state index in [0.29, 0.717) is 32.2 Å². The maximum Gasteiger partial charge on any atom is 0.225 e. The van der Waals surface area contributed by atoms with Gasteiger partial charge in [-0.05, 0) is 12.1 Å². The molecule has 6 heteroatoms. The first kappa shape index (κ1) is 18.8. The summed E-state index contributed by atoms with van der Waals surface area (Å²) >= 11 is 0. The van der Waals surface area contributed by atoms with Crippen molar-refractivity contribution in [1.29, 1.82) is 0 Å². The summed E-state index contributed by atoms with van der Waals surface area (Å²) in [5.41, 5.74) is -0.366. The number of aliphatic imine (C=N–C) groups is 1. The van der Waals surface area contributed by atoms with Crippen molar-refractivity contribution in [2.75, 3.05) is 33.3 Å². The van der Waals surface area contributed by atoms with Gasteiger partial charge < -0.3 is 20.7 Å². The molecule has 0 saturated heterocycles. The number of para-hydroxylation sites is 1. The van der Waals surface area contributed by atoms with Gasteiger partial charge in [0, 0.05) is 25.6 Å². The summed E-state index contributed by atoms with van der Waals surface area (Å²) in [6.45, 7) is 8.03. The number of hydrogen-bond acceptors (Lipinski definition) is 3. The summed E-state index contributed by atoms with van der Waals surface area (Å²) in [5, 5.41) is 9.18. The van der Waals surface area contributed by atoms with Gasteiger partial charge >= 0.3 is 0 Å². The number of nitrogens with one attached hydrogen (secondary N) is 3. The number of rotatable bonds is 7. The third kappa shape index (κ3) is 8.09. The molecule has 1 rings (SSSR count). The fourth-order valence-electron chi connectivity index (χ4n) is 1.70. The van der Waals surface area contributed by atoms with Crippen LogP contribution < -0.4 is 20.7 Å². The lowest BCUT2D eigenvalue weighted by Crippen LogP contribution is -2.44. The van der Waals surface area contributed by atoms with Crippen LogP contribution in [0, 0.1) is 5.41 Å². The molecular weight excluding hydrogens is 292 g/mol. The quantitative estimate of drug-likeness (QED) is 0.403. The highest BCUT2D eigenvalue weighted by atomic mass is 16.5. The molecule has 0 bridgehead atoms. The number of ether oxygens (including phenoxy) is 1. The van der Waals surface area contributed by atoms with Crippen molar-refractivity contribution in [3.05, 3.63) is 30.3 Å². The minimum absolute atomic E-state index is 0.0403. The van der Waals surface area contributed by atoms with E-state index in [1.807, 2.05) is 51.1 Å². The van der Waals surface area contributed by atoms with Crippen molar-refractivity contribution in [3.8, 4) is 5.75 Å².